The van der Waals surface area contributed by atoms with Crippen molar-refractivity contribution in [2.75, 3.05) is 26.2 Å². The van der Waals surface area contributed by atoms with E-state index >= 15 is 0 Å². The molecule has 32 heavy (non-hydrogen) atoms. The molecule has 1 aliphatic rings. The van der Waals surface area contributed by atoms with Crippen LogP contribution < -0.4 is 0 Å². The highest BCUT2D eigenvalue weighted by Gasteiger charge is 2.29. The SMILES string of the molecule is OC(CN1CC[C@@H](CCOC(c2ccccc2)c2ccccc2)[C@H](O)C1)c1ccccc1. The second-order valence-corrected chi connectivity index (χ2v) is 8.66. The summed E-state index contributed by atoms with van der Waals surface area (Å²) in [5, 5.41) is 21.2. The van der Waals surface area contributed by atoms with Crippen LogP contribution in [0, 0.1) is 5.92 Å². The number of hydrogen-bond acceptors (Lipinski definition) is 4. The zero-order chi connectivity index (χ0) is 22.2. The van der Waals surface area contributed by atoms with E-state index < -0.39 is 12.2 Å². The van der Waals surface area contributed by atoms with Crippen molar-refractivity contribution in [3.8, 4) is 0 Å². The van der Waals surface area contributed by atoms with E-state index in [2.05, 4.69) is 29.2 Å². The Morgan fingerprint density at radius 3 is 1.88 bits per heavy atom. The molecule has 4 nitrogen and oxygen atoms in total. The van der Waals surface area contributed by atoms with Crippen LogP contribution in [0.2, 0.25) is 0 Å². The predicted molar refractivity (Wildman–Crippen MR) is 127 cm³/mol. The van der Waals surface area contributed by atoms with Crippen LogP contribution in [-0.2, 0) is 4.74 Å². The van der Waals surface area contributed by atoms with E-state index in [1.54, 1.807) is 0 Å². The summed E-state index contributed by atoms with van der Waals surface area (Å²) in [7, 11) is 0. The summed E-state index contributed by atoms with van der Waals surface area (Å²) in [6.07, 6.45) is 0.707. The fraction of sp³-hybridized carbons (Fsp3) is 0.357. The largest absolute Gasteiger partial charge is 0.392 e. The van der Waals surface area contributed by atoms with E-state index in [-0.39, 0.29) is 12.0 Å². The molecule has 0 spiro atoms. The molecule has 0 aliphatic carbocycles. The molecule has 3 aromatic carbocycles. The minimum atomic E-state index is -0.527. The van der Waals surface area contributed by atoms with Crippen LogP contribution >= 0.6 is 0 Å². The van der Waals surface area contributed by atoms with Crippen molar-refractivity contribution in [3.05, 3.63) is 108 Å². The minimum Gasteiger partial charge on any atom is -0.392 e. The van der Waals surface area contributed by atoms with Gasteiger partial charge in [-0.15, -0.1) is 0 Å². The molecular formula is C28H33NO3. The van der Waals surface area contributed by atoms with Crippen LogP contribution in [-0.4, -0.2) is 47.5 Å². The lowest BCUT2D eigenvalue weighted by Crippen LogP contribution is -2.45. The van der Waals surface area contributed by atoms with Crippen molar-refractivity contribution in [3.63, 3.8) is 0 Å². The number of β-amino-alcohol motifs (C(OH)–C–C–N with tert-alkyl or cyclic N) is 2. The molecule has 0 saturated carbocycles. The summed E-state index contributed by atoms with van der Waals surface area (Å²) in [5.74, 6) is 0.215. The highest BCUT2D eigenvalue weighted by atomic mass is 16.5. The number of likely N-dealkylation sites (tertiary alicyclic amines) is 1. The minimum absolute atomic E-state index is 0.101. The summed E-state index contributed by atoms with van der Waals surface area (Å²) in [6.45, 7) is 2.62. The molecule has 1 fully saturated rings. The third-order valence-corrected chi connectivity index (χ3v) is 6.40. The molecule has 0 aromatic heterocycles. The fourth-order valence-electron chi connectivity index (χ4n) is 4.55. The van der Waals surface area contributed by atoms with Gasteiger partial charge in [0.05, 0.1) is 12.2 Å². The van der Waals surface area contributed by atoms with E-state index in [0.717, 1.165) is 36.1 Å². The second kappa shape index (κ2) is 11.4. The van der Waals surface area contributed by atoms with Gasteiger partial charge in [0.25, 0.3) is 0 Å². The first-order valence-corrected chi connectivity index (χ1v) is 11.6. The lowest BCUT2D eigenvalue weighted by molar-refractivity contribution is -0.0154. The normalized spacial score (nSPS) is 20.3. The summed E-state index contributed by atoms with van der Waals surface area (Å²) in [4.78, 5) is 2.16. The summed E-state index contributed by atoms with van der Waals surface area (Å²) in [5.41, 5.74) is 3.21. The lowest BCUT2D eigenvalue weighted by atomic mass is 9.90. The van der Waals surface area contributed by atoms with Crippen LogP contribution in [0.1, 0.15) is 41.7 Å². The first kappa shape index (κ1) is 22.7. The maximum Gasteiger partial charge on any atom is 0.108 e. The Hall–Kier alpha value is -2.50. The zero-order valence-electron chi connectivity index (χ0n) is 18.5. The van der Waals surface area contributed by atoms with Crippen molar-refractivity contribution in [1.82, 2.24) is 4.90 Å². The molecule has 2 N–H and O–H groups in total. The quantitative estimate of drug-likeness (QED) is 0.520. The number of benzene rings is 3. The third kappa shape index (κ3) is 6.05. The molecule has 1 saturated heterocycles. The number of rotatable bonds is 9. The molecule has 168 valence electrons. The van der Waals surface area contributed by atoms with Gasteiger partial charge in [0.1, 0.15) is 6.10 Å². The van der Waals surface area contributed by atoms with Gasteiger partial charge in [-0.2, -0.15) is 0 Å². The van der Waals surface area contributed by atoms with Gasteiger partial charge in [-0.3, -0.25) is 4.90 Å². The Morgan fingerprint density at radius 1 is 0.812 bits per heavy atom. The topological polar surface area (TPSA) is 52.9 Å². The number of piperidine rings is 1. The molecule has 4 heteroatoms. The standard InChI is InChI=1S/C28H33NO3/c30-26(22-10-4-1-5-11-22)20-29-18-16-23(27(31)21-29)17-19-32-28(24-12-6-2-7-13-24)25-14-8-3-9-15-25/h1-15,23,26-28,30-31H,16-21H2/t23-,26?,27+/m0/s1. The van der Waals surface area contributed by atoms with E-state index in [1.807, 2.05) is 66.7 Å². The lowest BCUT2D eigenvalue weighted by Gasteiger charge is -2.37. The number of aliphatic hydroxyl groups excluding tert-OH is 2. The van der Waals surface area contributed by atoms with Gasteiger partial charge in [0, 0.05) is 19.7 Å². The molecule has 0 bridgehead atoms. The summed E-state index contributed by atoms with van der Waals surface area (Å²) >= 11 is 0. The summed E-state index contributed by atoms with van der Waals surface area (Å²) in [6, 6.07) is 30.3. The van der Waals surface area contributed by atoms with E-state index in [0.29, 0.717) is 19.7 Å². The van der Waals surface area contributed by atoms with Gasteiger partial charge in [-0.1, -0.05) is 91.0 Å². The molecule has 1 aliphatic heterocycles. The third-order valence-electron chi connectivity index (χ3n) is 6.40. The average molecular weight is 432 g/mol. The van der Waals surface area contributed by atoms with Gasteiger partial charge in [-0.25, -0.2) is 0 Å². The highest BCUT2D eigenvalue weighted by Crippen LogP contribution is 2.28. The second-order valence-electron chi connectivity index (χ2n) is 8.66. The van der Waals surface area contributed by atoms with Crippen LogP contribution in [0.5, 0.6) is 0 Å². The number of aliphatic hydroxyl groups is 2. The molecule has 0 radical (unpaired) electrons. The van der Waals surface area contributed by atoms with Gasteiger partial charge >= 0.3 is 0 Å². The van der Waals surface area contributed by atoms with Crippen molar-refractivity contribution in [2.45, 2.75) is 31.2 Å². The van der Waals surface area contributed by atoms with Gasteiger partial charge in [0.15, 0.2) is 0 Å². The van der Waals surface area contributed by atoms with Crippen molar-refractivity contribution in [1.29, 1.82) is 0 Å². The maximum atomic E-state index is 10.7. The first-order chi connectivity index (χ1) is 15.7. The molecule has 4 rings (SSSR count). The average Bonchev–Trinajstić information content (AvgIpc) is 2.84. The van der Waals surface area contributed by atoms with Crippen molar-refractivity contribution >= 4 is 0 Å². The molecule has 0 amide bonds. The van der Waals surface area contributed by atoms with Crippen LogP contribution in [0.3, 0.4) is 0 Å². The van der Waals surface area contributed by atoms with Gasteiger partial charge in [0.2, 0.25) is 0 Å². The van der Waals surface area contributed by atoms with Gasteiger partial charge in [-0.05, 0) is 42.0 Å². The van der Waals surface area contributed by atoms with Crippen molar-refractivity contribution < 1.29 is 14.9 Å². The fourth-order valence-corrected chi connectivity index (χ4v) is 4.55. The summed E-state index contributed by atoms with van der Waals surface area (Å²) < 4.78 is 6.35. The Bertz CT molecular complexity index is 880. The number of nitrogens with zero attached hydrogens (tertiary/aromatic N) is 1. The molecule has 1 unspecified atom stereocenters. The maximum absolute atomic E-state index is 10.7. The Morgan fingerprint density at radius 2 is 1.34 bits per heavy atom. The van der Waals surface area contributed by atoms with Crippen LogP contribution in [0.25, 0.3) is 0 Å². The Kier molecular flexibility index (Phi) is 8.07. The predicted octanol–water partition coefficient (Wildman–Crippen LogP) is 4.60. The molecule has 3 atom stereocenters. The van der Waals surface area contributed by atoms with E-state index in [1.165, 1.54) is 0 Å². The smallest absolute Gasteiger partial charge is 0.108 e. The monoisotopic (exact) mass is 431 g/mol. The van der Waals surface area contributed by atoms with E-state index in [9.17, 15) is 10.2 Å². The number of ether oxygens (including phenoxy) is 1. The van der Waals surface area contributed by atoms with Crippen LogP contribution in [0.4, 0.5) is 0 Å². The van der Waals surface area contributed by atoms with Crippen molar-refractivity contribution in [2.24, 2.45) is 5.92 Å². The molecule has 1 heterocycles. The van der Waals surface area contributed by atoms with E-state index in [4.69, 9.17) is 4.74 Å². The Labute approximate surface area is 191 Å². The van der Waals surface area contributed by atoms with Crippen LogP contribution in [0.15, 0.2) is 91.0 Å². The first-order valence-electron chi connectivity index (χ1n) is 11.6. The molecule has 3 aromatic rings. The number of hydrogen-bond donors (Lipinski definition) is 2. The Balaban J connectivity index is 1.28. The zero-order valence-corrected chi connectivity index (χ0v) is 18.5. The van der Waals surface area contributed by atoms with Gasteiger partial charge < -0.3 is 14.9 Å². The highest BCUT2D eigenvalue weighted by molar-refractivity contribution is 5.29. The molecular weight excluding hydrogens is 398 g/mol.